The van der Waals surface area contributed by atoms with Crippen molar-refractivity contribution in [3.05, 3.63) is 48.3 Å². The largest absolute Gasteiger partial charge is 0.485 e. The monoisotopic (exact) mass is 598 g/mol. The average Bonchev–Trinajstić information content (AvgIpc) is 2.81. The van der Waals surface area contributed by atoms with Crippen molar-refractivity contribution < 1.29 is 48.7 Å². The molecule has 1 amide bonds. The molecule has 0 unspecified atom stereocenters. The number of carbonyl (C=O) groups is 1. The summed E-state index contributed by atoms with van der Waals surface area (Å²) in [6.07, 6.45) is -7.31. The molecule has 0 bridgehead atoms. The van der Waals surface area contributed by atoms with Crippen molar-refractivity contribution in [2.75, 3.05) is 36.8 Å². The van der Waals surface area contributed by atoms with Crippen molar-refractivity contribution in [1.82, 2.24) is 9.03 Å². The Bertz CT molecular complexity index is 1430. The Hall–Kier alpha value is -3.15. The number of ether oxygens (including phenoxy) is 2. The maximum atomic E-state index is 13.5. The summed E-state index contributed by atoms with van der Waals surface area (Å²) in [6, 6.07) is 7.55. The topological polar surface area (TPSA) is 134 Å². The van der Waals surface area contributed by atoms with E-state index < -0.39 is 56.6 Å². The summed E-state index contributed by atoms with van der Waals surface area (Å²) in [4.78, 5) is 11.9. The average molecular weight is 599 g/mol. The number of carbonyl (C=O) groups excluding carboxylic acids is 1. The fourth-order valence-electron chi connectivity index (χ4n) is 3.22. The first-order chi connectivity index (χ1) is 17.8. The van der Waals surface area contributed by atoms with Gasteiger partial charge in [-0.1, -0.05) is 0 Å². The lowest BCUT2D eigenvalue weighted by Crippen LogP contribution is -2.49. The van der Waals surface area contributed by atoms with Crippen molar-refractivity contribution in [3.8, 4) is 5.75 Å². The van der Waals surface area contributed by atoms with Crippen LogP contribution < -0.4 is 19.1 Å². The van der Waals surface area contributed by atoms with Gasteiger partial charge < -0.3 is 9.47 Å². The maximum absolute atomic E-state index is 13.5. The molecule has 1 aliphatic heterocycles. The van der Waals surface area contributed by atoms with Gasteiger partial charge in [0.2, 0.25) is 5.60 Å². The predicted octanol–water partition coefficient (Wildman–Crippen LogP) is 3.07. The van der Waals surface area contributed by atoms with Crippen LogP contribution in [0.5, 0.6) is 5.75 Å². The Kier molecular flexibility index (Phi) is 8.40. The van der Waals surface area contributed by atoms with Crippen molar-refractivity contribution in [2.24, 2.45) is 0 Å². The van der Waals surface area contributed by atoms with Crippen LogP contribution >= 0.6 is 0 Å². The van der Waals surface area contributed by atoms with E-state index in [0.29, 0.717) is 13.8 Å². The first-order valence-corrected chi connectivity index (χ1v) is 14.0. The quantitative estimate of drug-likeness (QED) is 0.446. The second kappa shape index (κ2) is 10.8. The summed E-state index contributed by atoms with van der Waals surface area (Å²) >= 11 is 0. The maximum Gasteiger partial charge on any atom is 0.427 e. The number of alkyl halides is 3. The van der Waals surface area contributed by atoms with E-state index in [2.05, 4.69) is 14.8 Å². The van der Waals surface area contributed by atoms with Crippen LogP contribution in [0.1, 0.15) is 13.8 Å². The van der Waals surface area contributed by atoms with Crippen LogP contribution in [0.2, 0.25) is 0 Å². The van der Waals surface area contributed by atoms with Crippen molar-refractivity contribution in [3.63, 3.8) is 0 Å². The number of benzene rings is 2. The highest BCUT2D eigenvalue weighted by Gasteiger charge is 2.51. The minimum absolute atomic E-state index is 0.0319. The molecule has 0 saturated carbocycles. The molecule has 2 aromatic carbocycles. The minimum atomic E-state index is -4.85. The molecule has 216 valence electrons. The molecule has 17 heteroatoms. The third-order valence-corrected chi connectivity index (χ3v) is 8.83. The molecule has 0 saturated heterocycles. The van der Waals surface area contributed by atoms with Gasteiger partial charge in [0, 0.05) is 19.8 Å². The van der Waals surface area contributed by atoms with Crippen molar-refractivity contribution in [1.29, 1.82) is 0 Å². The van der Waals surface area contributed by atoms with E-state index in [9.17, 15) is 39.2 Å². The highest BCUT2D eigenvalue weighted by atomic mass is 32.2. The number of fused-ring (bicyclic) bond motifs is 1. The molecule has 1 heterocycles. The number of hydrogen-bond acceptors (Lipinski definition) is 7. The molecule has 3 rings (SSSR count). The molecule has 1 aliphatic rings. The standard InChI is InChI=1S/C22H26F4N4O7S2/c1-21(2,22(24,25)26)37-20(31)28-15-7-10-19-18(11-15)30(38(32,33)17-8-5-14(23)6-9-17)13-16(36-19)12-27-39(34,35)29(3)4/h5-11,16,27H,12-13H2,1-4H3,(H,28,31)/t16-/m0/s1. The molecule has 0 spiro atoms. The minimum Gasteiger partial charge on any atom is -0.485 e. The van der Waals surface area contributed by atoms with Gasteiger partial charge in [0.1, 0.15) is 17.7 Å². The van der Waals surface area contributed by atoms with Gasteiger partial charge in [-0.15, -0.1) is 0 Å². The van der Waals surface area contributed by atoms with Crippen molar-refractivity contribution in [2.45, 2.75) is 36.6 Å². The number of nitrogens with zero attached hydrogens (tertiary/aromatic N) is 2. The van der Waals surface area contributed by atoms with Crippen LogP contribution in [0, 0.1) is 5.82 Å². The Labute approximate surface area is 222 Å². The zero-order valence-corrected chi connectivity index (χ0v) is 22.7. The van der Waals surface area contributed by atoms with Gasteiger partial charge in [-0.05, 0) is 56.3 Å². The zero-order chi connectivity index (χ0) is 29.4. The Balaban J connectivity index is 1.96. The molecule has 0 aromatic heterocycles. The van der Waals surface area contributed by atoms with Crippen LogP contribution in [-0.4, -0.2) is 72.3 Å². The first-order valence-electron chi connectivity index (χ1n) is 11.2. The van der Waals surface area contributed by atoms with E-state index >= 15 is 0 Å². The van der Waals surface area contributed by atoms with E-state index in [1.807, 2.05) is 0 Å². The Morgan fingerprint density at radius 1 is 1.10 bits per heavy atom. The predicted molar refractivity (Wildman–Crippen MR) is 133 cm³/mol. The summed E-state index contributed by atoms with van der Waals surface area (Å²) in [5.41, 5.74) is -3.04. The fraction of sp³-hybridized carbons (Fsp3) is 0.409. The molecule has 1 atom stereocenters. The lowest BCUT2D eigenvalue weighted by atomic mass is 10.1. The Morgan fingerprint density at radius 3 is 2.28 bits per heavy atom. The molecule has 0 fully saturated rings. The zero-order valence-electron chi connectivity index (χ0n) is 21.1. The van der Waals surface area contributed by atoms with Gasteiger partial charge >= 0.3 is 12.3 Å². The molecule has 39 heavy (non-hydrogen) atoms. The molecular formula is C22H26F4N4O7S2. The molecule has 2 aromatic rings. The van der Waals surface area contributed by atoms with Gasteiger partial charge in [-0.25, -0.2) is 17.6 Å². The van der Waals surface area contributed by atoms with Crippen LogP contribution in [0.15, 0.2) is 47.4 Å². The van der Waals surface area contributed by atoms with Crippen LogP contribution in [-0.2, 0) is 25.0 Å². The van der Waals surface area contributed by atoms with Crippen LogP contribution in [0.3, 0.4) is 0 Å². The normalized spacial score (nSPS) is 16.4. The van der Waals surface area contributed by atoms with Gasteiger partial charge in [-0.3, -0.25) is 9.62 Å². The SMILES string of the molecule is CN(C)S(=O)(=O)NC[C@H]1CN(S(=O)(=O)c2ccc(F)cc2)c2cc(NC(=O)OC(C)(C)C(F)(F)F)ccc2O1. The molecular weight excluding hydrogens is 572 g/mol. The van der Waals surface area contributed by atoms with E-state index in [1.165, 1.54) is 26.2 Å². The van der Waals surface area contributed by atoms with Gasteiger partial charge in [0.15, 0.2) is 0 Å². The van der Waals surface area contributed by atoms with E-state index in [4.69, 9.17) is 4.74 Å². The number of anilines is 2. The first kappa shape index (κ1) is 30.4. The number of halogens is 4. The number of rotatable bonds is 8. The highest BCUT2D eigenvalue weighted by Crippen LogP contribution is 2.39. The van der Waals surface area contributed by atoms with Crippen molar-refractivity contribution >= 4 is 37.7 Å². The lowest BCUT2D eigenvalue weighted by Gasteiger charge is -2.36. The van der Waals surface area contributed by atoms with E-state index in [-0.39, 0.29) is 28.6 Å². The van der Waals surface area contributed by atoms with Gasteiger partial charge in [0.05, 0.1) is 23.7 Å². The smallest absolute Gasteiger partial charge is 0.427 e. The molecule has 11 nitrogen and oxygen atoms in total. The number of sulfonamides is 1. The summed E-state index contributed by atoms with van der Waals surface area (Å²) < 4.78 is 118. The van der Waals surface area contributed by atoms with Gasteiger partial charge in [-0.2, -0.15) is 30.6 Å². The summed E-state index contributed by atoms with van der Waals surface area (Å²) in [6.45, 7) is 0.593. The molecule has 0 radical (unpaired) electrons. The number of hydrogen-bond donors (Lipinski definition) is 2. The summed E-state index contributed by atoms with van der Waals surface area (Å²) in [5.74, 6) is -0.713. The highest BCUT2D eigenvalue weighted by molar-refractivity contribution is 7.92. The number of nitrogens with one attached hydrogen (secondary N) is 2. The van der Waals surface area contributed by atoms with E-state index in [0.717, 1.165) is 38.9 Å². The summed E-state index contributed by atoms with van der Waals surface area (Å²) in [7, 11) is -5.68. The third kappa shape index (κ3) is 6.90. The fourth-order valence-corrected chi connectivity index (χ4v) is 5.37. The third-order valence-electron chi connectivity index (χ3n) is 5.54. The van der Waals surface area contributed by atoms with Crippen LogP contribution in [0.4, 0.5) is 33.7 Å². The molecule has 2 N–H and O–H groups in total. The lowest BCUT2D eigenvalue weighted by molar-refractivity contribution is -0.242. The second-order valence-electron chi connectivity index (χ2n) is 9.07. The second-order valence-corrected chi connectivity index (χ2v) is 12.9. The Morgan fingerprint density at radius 2 is 1.72 bits per heavy atom. The summed E-state index contributed by atoms with van der Waals surface area (Å²) in [5, 5.41) is 2.12. The van der Waals surface area contributed by atoms with E-state index in [1.54, 1.807) is 0 Å². The van der Waals surface area contributed by atoms with Crippen LogP contribution in [0.25, 0.3) is 0 Å². The number of amides is 1. The molecule has 0 aliphatic carbocycles. The van der Waals surface area contributed by atoms with Gasteiger partial charge in [0.25, 0.3) is 20.2 Å².